The molecule has 1 N–H and O–H groups in total. The standard InChI is InChI=1S/C20H25N3O4.C11H13NO3/c1-21-18(14-16-8-4-3-5-9-16)19(24)26-15-27-20(25)23(2)13-11-17-10-6-7-12-22-17;1-12(7-8-13)11(14)15-9-10-5-3-2-4-6-10/h3-10,12,18,21H,11,13-15H2,1-2H3;2-6,8H,7,9H2,1H3. The van der Waals surface area contributed by atoms with Gasteiger partial charge in [0.05, 0.1) is 6.54 Å². The highest BCUT2D eigenvalue weighted by molar-refractivity contribution is 5.76. The van der Waals surface area contributed by atoms with Crippen molar-refractivity contribution in [3.63, 3.8) is 0 Å². The summed E-state index contributed by atoms with van der Waals surface area (Å²) in [6.45, 7) is 0.312. The summed E-state index contributed by atoms with van der Waals surface area (Å²) in [7, 11) is 4.83. The lowest BCUT2D eigenvalue weighted by Crippen LogP contribution is -2.38. The fourth-order valence-corrected chi connectivity index (χ4v) is 3.44. The Balaban J connectivity index is 0.000000347. The average molecular weight is 579 g/mol. The summed E-state index contributed by atoms with van der Waals surface area (Å²) in [5.74, 6) is -0.467. The van der Waals surface area contributed by atoms with Gasteiger partial charge in [-0.1, -0.05) is 66.7 Å². The average Bonchev–Trinajstić information content (AvgIpc) is 3.03. The summed E-state index contributed by atoms with van der Waals surface area (Å²) in [5.41, 5.74) is 2.83. The quantitative estimate of drug-likeness (QED) is 0.184. The first-order valence-electron chi connectivity index (χ1n) is 13.3. The topological polar surface area (TPSA) is 127 Å². The van der Waals surface area contributed by atoms with Crippen LogP contribution >= 0.6 is 0 Å². The third-order valence-electron chi connectivity index (χ3n) is 5.91. The molecule has 3 aromatic rings. The normalized spacial score (nSPS) is 10.7. The van der Waals surface area contributed by atoms with Crippen LogP contribution in [0.15, 0.2) is 85.1 Å². The molecule has 0 aliphatic rings. The molecule has 11 heteroatoms. The minimum absolute atomic E-state index is 0.0492. The zero-order valence-electron chi connectivity index (χ0n) is 24.2. The molecule has 1 heterocycles. The highest BCUT2D eigenvalue weighted by Crippen LogP contribution is 2.05. The van der Waals surface area contributed by atoms with Crippen molar-refractivity contribution in [2.24, 2.45) is 0 Å². The Bertz CT molecular complexity index is 1210. The van der Waals surface area contributed by atoms with Gasteiger partial charge in [-0.3, -0.25) is 9.78 Å². The van der Waals surface area contributed by atoms with Crippen molar-refractivity contribution >= 4 is 24.4 Å². The maximum absolute atomic E-state index is 12.1. The first-order chi connectivity index (χ1) is 20.3. The second-order valence-electron chi connectivity index (χ2n) is 9.10. The van der Waals surface area contributed by atoms with E-state index in [0.29, 0.717) is 25.7 Å². The lowest BCUT2D eigenvalue weighted by molar-refractivity contribution is -0.154. The molecule has 1 unspecified atom stereocenters. The zero-order chi connectivity index (χ0) is 30.6. The van der Waals surface area contributed by atoms with E-state index >= 15 is 0 Å². The number of amides is 2. The maximum Gasteiger partial charge on any atom is 0.412 e. The minimum atomic E-state index is -0.553. The fourth-order valence-electron chi connectivity index (χ4n) is 3.44. The van der Waals surface area contributed by atoms with Gasteiger partial charge in [-0.15, -0.1) is 0 Å². The summed E-state index contributed by atoms with van der Waals surface area (Å²) >= 11 is 0. The molecule has 11 nitrogen and oxygen atoms in total. The monoisotopic (exact) mass is 578 g/mol. The van der Waals surface area contributed by atoms with E-state index < -0.39 is 31.0 Å². The molecule has 1 aromatic heterocycles. The van der Waals surface area contributed by atoms with Crippen molar-refractivity contribution in [2.45, 2.75) is 25.5 Å². The summed E-state index contributed by atoms with van der Waals surface area (Å²) in [5, 5.41) is 2.92. The number of benzene rings is 2. The smallest absolute Gasteiger partial charge is 0.412 e. The van der Waals surface area contributed by atoms with Crippen molar-refractivity contribution < 1.29 is 33.4 Å². The molecule has 0 bridgehead atoms. The lowest BCUT2D eigenvalue weighted by Gasteiger charge is -2.18. The Kier molecular flexibility index (Phi) is 15.4. The molecule has 0 aliphatic carbocycles. The molecular formula is C31H38N4O7. The van der Waals surface area contributed by atoms with Gasteiger partial charge in [0, 0.05) is 39.0 Å². The van der Waals surface area contributed by atoms with Crippen LogP contribution in [0.2, 0.25) is 0 Å². The number of hydrogen-bond donors (Lipinski definition) is 1. The Morgan fingerprint density at radius 2 is 1.45 bits per heavy atom. The molecule has 42 heavy (non-hydrogen) atoms. The number of nitrogens with zero attached hydrogens (tertiary/aromatic N) is 3. The molecule has 0 radical (unpaired) electrons. The zero-order valence-corrected chi connectivity index (χ0v) is 24.2. The number of likely N-dealkylation sites (N-methyl/N-ethyl adjacent to an activating group) is 3. The van der Waals surface area contributed by atoms with Crippen molar-refractivity contribution in [2.75, 3.05) is 41.0 Å². The highest BCUT2D eigenvalue weighted by Gasteiger charge is 2.19. The Morgan fingerprint density at radius 1 is 0.833 bits per heavy atom. The number of carbonyl (C=O) groups is 4. The van der Waals surface area contributed by atoms with Gasteiger partial charge < -0.3 is 34.1 Å². The molecule has 2 aromatic carbocycles. The Hall–Kier alpha value is -4.77. The first-order valence-corrected chi connectivity index (χ1v) is 13.3. The van der Waals surface area contributed by atoms with Crippen molar-refractivity contribution in [1.29, 1.82) is 0 Å². The highest BCUT2D eigenvalue weighted by atomic mass is 16.7. The van der Waals surface area contributed by atoms with Crippen LogP contribution in [0.25, 0.3) is 0 Å². The second-order valence-corrected chi connectivity index (χ2v) is 9.10. The van der Waals surface area contributed by atoms with Crippen molar-refractivity contribution in [3.05, 3.63) is 102 Å². The molecule has 224 valence electrons. The number of pyridine rings is 1. The SMILES string of the molecule is CN(CC=O)C(=O)OCc1ccccc1.CNC(Cc1ccccc1)C(=O)OCOC(=O)N(C)CCc1ccccn1. The van der Waals surface area contributed by atoms with Crippen LogP contribution in [0, 0.1) is 0 Å². The van der Waals surface area contributed by atoms with Crippen LogP contribution in [0.1, 0.15) is 16.8 Å². The molecule has 2 amide bonds. The van der Waals surface area contributed by atoms with Crippen molar-refractivity contribution in [1.82, 2.24) is 20.1 Å². The van der Waals surface area contributed by atoms with Gasteiger partial charge in [-0.2, -0.15) is 0 Å². The predicted octanol–water partition coefficient (Wildman–Crippen LogP) is 3.48. The van der Waals surface area contributed by atoms with Gasteiger partial charge in [0.15, 0.2) is 0 Å². The van der Waals surface area contributed by atoms with Gasteiger partial charge in [0.2, 0.25) is 6.79 Å². The van der Waals surface area contributed by atoms with E-state index in [4.69, 9.17) is 14.2 Å². The molecule has 0 saturated heterocycles. The van der Waals surface area contributed by atoms with Gasteiger partial charge in [0.1, 0.15) is 18.9 Å². The van der Waals surface area contributed by atoms with E-state index in [-0.39, 0.29) is 13.2 Å². The minimum Gasteiger partial charge on any atom is -0.445 e. The van der Waals surface area contributed by atoms with Gasteiger partial charge in [0.25, 0.3) is 0 Å². The van der Waals surface area contributed by atoms with Crippen LogP contribution in [-0.4, -0.2) is 86.3 Å². The molecule has 0 saturated carbocycles. The number of aldehydes is 1. The van der Waals surface area contributed by atoms with E-state index in [9.17, 15) is 19.2 Å². The third-order valence-corrected chi connectivity index (χ3v) is 5.91. The summed E-state index contributed by atoms with van der Waals surface area (Å²) in [6.07, 6.45) is 2.43. The molecule has 0 spiro atoms. The third kappa shape index (κ3) is 13.1. The number of esters is 1. The Morgan fingerprint density at radius 3 is 2.05 bits per heavy atom. The number of aromatic nitrogens is 1. The van der Waals surface area contributed by atoms with E-state index in [1.807, 2.05) is 78.9 Å². The largest absolute Gasteiger partial charge is 0.445 e. The first kappa shape index (κ1) is 33.4. The van der Waals surface area contributed by atoms with Crippen molar-refractivity contribution in [3.8, 4) is 0 Å². The second kappa shape index (κ2) is 19.3. The van der Waals surface area contributed by atoms with E-state index in [1.54, 1.807) is 20.3 Å². The van der Waals surface area contributed by atoms with E-state index in [0.717, 1.165) is 16.8 Å². The summed E-state index contributed by atoms with van der Waals surface area (Å²) in [6, 6.07) is 24.1. The molecule has 0 fully saturated rings. The molecule has 3 rings (SSSR count). The lowest BCUT2D eigenvalue weighted by atomic mass is 10.1. The van der Waals surface area contributed by atoms with Crippen LogP contribution < -0.4 is 5.32 Å². The van der Waals surface area contributed by atoms with E-state index in [2.05, 4.69) is 10.3 Å². The number of rotatable bonds is 13. The Labute approximate surface area is 246 Å². The molecular weight excluding hydrogens is 540 g/mol. The molecule has 0 aliphatic heterocycles. The van der Waals surface area contributed by atoms with E-state index in [1.165, 1.54) is 16.8 Å². The fraction of sp³-hybridized carbons (Fsp3) is 0.323. The van der Waals surface area contributed by atoms with Gasteiger partial charge >= 0.3 is 18.2 Å². The predicted molar refractivity (Wildman–Crippen MR) is 156 cm³/mol. The van der Waals surface area contributed by atoms with Crippen LogP contribution in [0.5, 0.6) is 0 Å². The summed E-state index contributed by atoms with van der Waals surface area (Å²) < 4.78 is 15.0. The molecule has 1 atom stereocenters. The van der Waals surface area contributed by atoms with Gasteiger partial charge in [-0.05, 0) is 36.7 Å². The van der Waals surface area contributed by atoms with Crippen LogP contribution in [-0.2, 0) is 43.2 Å². The number of nitrogens with one attached hydrogen (secondary N) is 1. The summed E-state index contributed by atoms with van der Waals surface area (Å²) in [4.78, 5) is 52.3. The number of carbonyl (C=O) groups excluding carboxylic acids is 4. The van der Waals surface area contributed by atoms with Gasteiger partial charge in [-0.25, -0.2) is 9.59 Å². The maximum atomic E-state index is 12.1. The number of hydrogen-bond acceptors (Lipinski definition) is 9. The van der Waals surface area contributed by atoms with Crippen LogP contribution in [0.4, 0.5) is 9.59 Å². The number of ether oxygens (including phenoxy) is 3. The van der Waals surface area contributed by atoms with Crippen LogP contribution in [0.3, 0.4) is 0 Å².